The second-order valence-corrected chi connectivity index (χ2v) is 10.2. The van der Waals surface area contributed by atoms with E-state index in [1.807, 2.05) is 36.6 Å². The van der Waals surface area contributed by atoms with Crippen molar-refractivity contribution in [2.24, 2.45) is 11.7 Å². The number of ether oxygens (including phenoxy) is 1. The maximum Gasteiger partial charge on any atom is 0.348 e. The highest BCUT2D eigenvalue weighted by molar-refractivity contribution is 7.12. The van der Waals surface area contributed by atoms with Crippen molar-refractivity contribution in [2.45, 2.75) is 45.1 Å². The fraction of sp³-hybridized carbons (Fsp3) is 0.333. The first-order valence-corrected chi connectivity index (χ1v) is 13.3. The van der Waals surface area contributed by atoms with Crippen LogP contribution in [0.2, 0.25) is 0 Å². The van der Waals surface area contributed by atoms with E-state index in [-0.39, 0.29) is 12.0 Å². The minimum atomic E-state index is -0.273. The van der Waals surface area contributed by atoms with Gasteiger partial charge in [0, 0.05) is 30.6 Å². The zero-order valence-corrected chi connectivity index (χ0v) is 21.4. The highest BCUT2D eigenvalue weighted by Crippen LogP contribution is 2.25. The van der Waals surface area contributed by atoms with Gasteiger partial charge < -0.3 is 15.8 Å². The summed E-state index contributed by atoms with van der Waals surface area (Å²) in [6.45, 7) is 2.39. The van der Waals surface area contributed by atoms with Gasteiger partial charge in [0.2, 0.25) is 0 Å². The Morgan fingerprint density at radius 3 is 2.65 bits per heavy atom. The van der Waals surface area contributed by atoms with Crippen LogP contribution in [-0.4, -0.2) is 43.5 Å². The smallest absolute Gasteiger partial charge is 0.348 e. The normalized spacial score (nSPS) is 17.4. The summed E-state index contributed by atoms with van der Waals surface area (Å²) >= 11 is 1.38. The number of hydrogen-bond donors (Lipinski definition) is 2. The number of nitrogens with zero attached hydrogens (tertiary/aromatic N) is 5. The van der Waals surface area contributed by atoms with Crippen molar-refractivity contribution >= 4 is 28.9 Å². The summed E-state index contributed by atoms with van der Waals surface area (Å²) in [6.07, 6.45) is 7.93. The predicted octanol–water partition coefficient (Wildman–Crippen LogP) is 4.71. The van der Waals surface area contributed by atoms with E-state index in [9.17, 15) is 4.79 Å². The van der Waals surface area contributed by atoms with Crippen LogP contribution < -0.4 is 11.1 Å². The lowest BCUT2D eigenvalue weighted by atomic mass is 9.87. The molecule has 0 radical (unpaired) electrons. The maximum atomic E-state index is 12.5. The third-order valence-electron chi connectivity index (χ3n) is 6.29. The van der Waals surface area contributed by atoms with Crippen molar-refractivity contribution < 1.29 is 9.53 Å². The van der Waals surface area contributed by atoms with Gasteiger partial charge in [-0.05, 0) is 79.8 Å². The van der Waals surface area contributed by atoms with Crippen LogP contribution in [0.5, 0.6) is 0 Å². The van der Waals surface area contributed by atoms with Crippen LogP contribution in [0.25, 0.3) is 11.5 Å². The summed E-state index contributed by atoms with van der Waals surface area (Å²) in [5, 5.41) is 5.17. The molecule has 5 rings (SSSR count). The van der Waals surface area contributed by atoms with Gasteiger partial charge in [0.1, 0.15) is 28.0 Å². The Hall–Kier alpha value is -3.76. The number of pyridine rings is 1. The number of hydrogen-bond acceptors (Lipinski definition) is 10. The number of nitrogens with one attached hydrogen (secondary N) is 1. The molecule has 0 aromatic carbocycles. The van der Waals surface area contributed by atoms with Gasteiger partial charge in [0.25, 0.3) is 0 Å². The van der Waals surface area contributed by atoms with E-state index in [1.54, 1.807) is 24.5 Å². The molecular formula is C27H29N7O2S. The van der Waals surface area contributed by atoms with Gasteiger partial charge in [-0.25, -0.2) is 29.7 Å². The Kier molecular flexibility index (Phi) is 7.76. The third-order valence-corrected chi connectivity index (χ3v) is 7.25. The SMILES string of the molecule is Cc1cccc(-c2nccc(Nc3ccnc(Cc4csc(C(=O)OCC5CCC(N)CC5)c4)n3)n2)n1. The molecule has 1 aliphatic carbocycles. The lowest BCUT2D eigenvalue weighted by Gasteiger charge is -2.25. The van der Waals surface area contributed by atoms with E-state index in [4.69, 9.17) is 10.5 Å². The number of aryl methyl sites for hydroxylation is 1. The largest absolute Gasteiger partial charge is 0.461 e. The second kappa shape index (κ2) is 11.5. The molecule has 37 heavy (non-hydrogen) atoms. The second-order valence-electron chi connectivity index (χ2n) is 9.29. The number of carbonyl (C=O) groups is 1. The number of carbonyl (C=O) groups excluding carboxylic acids is 1. The van der Waals surface area contributed by atoms with E-state index in [2.05, 4.69) is 30.2 Å². The van der Waals surface area contributed by atoms with Gasteiger partial charge in [-0.15, -0.1) is 11.3 Å². The van der Waals surface area contributed by atoms with Gasteiger partial charge in [0.15, 0.2) is 5.82 Å². The van der Waals surface area contributed by atoms with Crippen molar-refractivity contribution in [2.75, 3.05) is 11.9 Å². The molecule has 0 unspecified atom stereocenters. The van der Waals surface area contributed by atoms with Crippen LogP contribution in [0.1, 0.15) is 52.4 Å². The van der Waals surface area contributed by atoms with Crippen molar-refractivity contribution in [3.05, 3.63) is 76.1 Å². The Morgan fingerprint density at radius 1 is 1.05 bits per heavy atom. The zero-order valence-electron chi connectivity index (χ0n) is 20.6. The van der Waals surface area contributed by atoms with Crippen molar-refractivity contribution in [1.82, 2.24) is 24.9 Å². The number of nitrogens with two attached hydrogens (primary N) is 1. The zero-order chi connectivity index (χ0) is 25.6. The Balaban J connectivity index is 1.19. The fourth-order valence-electron chi connectivity index (χ4n) is 4.28. The van der Waals surface area contributed by atoms with Gasteiger partial charge in [-0.2, -0.15) is 0 Å². The standard InChI is InChI=1S/C27H29N7O2S/c1-17-3-2-4-21(31-17)26-30-12-10-24(34-26)32-23-9-11-29-25(33-23)14-19-13-22(37-16-19)27(35)36-15-18-5-7-20(28)8-6-18/h2-4,9-13,16,18,20H,5-8,14-15,28H2,1H3,(H,29,30,32,33,34). The summed E-state index contributed by atoms with van der Waals surface area (Å²) in [5.74, 6) is 2.53. The van der Waals surface area contributed by atoms with Gasteiger partial charge in [-0.1, -0.05) is 6.07 Å². The van der Waals surface area contributed by atoms with Gasteiger partial charge >= 0.3 is 5.97 Å². The van der Waals surface area contributed by atoms with Crippen LogP contribution in [-0.2, 0) is 11.2 Å². The average Bonchev–Trinajstić information content (AvgIpc) is 3.37. The molecule has 0 atom stereocenters. The monoisotopic (exact) mass is 515 g/mol. The van der Waals surface area contributed by atoms with E-state index in [1.165, 1.54) is 11.3 Å². The molecule has 190 valence electrons. The van der Waals surface area contributed by atoms with Crippen LogP contribution >= 0.6 is 11.3 Å². The number of esters is 1. The minimum Gasteiger partial charge on any atom is -0.461 e. The highest BCUT2D eigenvalue weighted by Gasteiger charge is 2.21. The molecule has 4 aromatic rings. The topological polar surface area (TPSA) is 129 Å². The molecule has 0 saturated heterocycles. The van der Waals surface area contributed by atoms with Crippen molar-refractivity contribution in [3.8, 4) is 11.5 Å². The highest BCUT2D eigenvalue weighted by atomic mass is 32.1. The molecule has 1 fully saturated rings. The maximum absolute atomic E-state index is 12.5. The van der Waals surface area contributed by atoms with Crippen LogP contribution in [0.3, 0.4) is 0 Å². The Labute approximate surface area is 219 Å². The van der Waals surface area contributed by atoms with Crippen molar-refractivity contribution in [1.29, 1.82) is 0 Å². The summed E-state index contributed by atoms with van der Waals surface area (Å²) in [4.78, 5) is 35.5. The third kappa shape index (κ3) is 6.72. The summed E-state index contributed by atoms with van der Waals surface area (Å²) in [7, 11) is 0. The van der Waals surface area contributed by atoms with Crippen LogP contribution in [0, 0.1) is 12.8 Å². The van der Waals surface area contributed by atoms with E-state index in [0.717, 1.165) is 36.9 Å². The molecule has 0 aliphatic heterocycles. The average molecular weight is 516 g/mol. The molecule has 0 bridgehead atoms. The summed E-state index contributed by atoms with van der Waals surface area (Å²) in [5.41, 5.74) is 8.54. The predicted molar refractivity (Wildman–Crippen MR) is 143 cm³/mol. The Morgan fingerprint density at radius 2 is 1.84 bits per heavy atom. The molecule has 3 N–H and O–H groups in total. The molecule has 9 nitrogen and oxygen atoms in total. The van der Waals surface area contributed by atoms with Gasteiger partial charge in [-0.3, -0.25) is 0 Å². The molecule has 1 saturated carbocycles. The fourth-order valence-corrected chi connectivity index (χ4v) is 5.09. The molecule has 1 aliphatic rings. The number of thiophene rings is 1. The van der Waals surface area contributed by atoms with Crippen LogP contribution in [0.15, 0.2) is 54.2 Å². The number of rotatable bonds is 8. The summed E-state index contributed by atoms with van der Waals surface area (Å²) < 4.78 is 5.57. The molecule has 4 aromatic heterocycles. The van der Waals surface area contributed by atoms with Gasteiger partial charge in [0.05, 0.1) is 6.61 Å². The molecule has 10 heteroatoms. The van der Waals surface area contributed by atoms with E-state index < -0.39 is 0 Å². The quantitative estimate of drug-likeness (QED) is 0.321. The molecule has 0 spiro atoms. The first kappa shape index (κ1) is 24.9. The number of anilines is 2. The molecule has 4 heterocycles. The first-order valence-electron chi connectivity index (χ1n) is 12.4. The van der Waals surface area contributed by atoms with Crippen molar-refractivity contribution in [3.63, 3.8) is 0 Å². The molecular weight excluding hydrogens is 486 g/mol. The van der Waals surface area contributed by atoms with E-state index >= 15 is 0 Å². The lowest BCUT2D eigenvalue weighted by molar-refractivity contribution is 0.0411. The van der Waals surface area contributed by atoms with Crippen LogP contribution in [0.4, 0.5) is 11.6 Å². The minimum absolute atomic E-state index is 0.273. The molecule has 0 amide bonds. The Bertz CT molecular complexity index is 1370. The first-order chi connectivity index (χ1) is 18.0. The van der Waals surface area contributed by atoms with E-state index in [0.29, 0.717) is 52.8 Å². The summed E-state index contributed by atoms with van der Waals surface area (Å²) in [6, 6.07) is 11.5. The number of aromatic nitrogens is 5. The lowest BCUT2D eigenvalue weighted by Crippen LogP contribution is -2.28.